The van der Waals surface area contributed by atoms with E-state index in [0.717, 1.165) is 0 Å². The Labute approximate surface area is 65.4 Å². The van der Waals surface area contributed by atoms with Crippen LogP contribution in [0.15, 0.2) is 11.1 Å². The van der Waals surface area contributed by atoms with E-state index in [1.807, 2.05) is 0 Å². The zero-order valence-electron chi connectivity index (χ0n) is 5.85. The normalized spacial score (nSPS) is 10.7. The van der Waals surface area contributed by atoms with Gasteiger partial charge in [0.05, 0.1) is 6.33 Å². The van der Waals surface area contributed by atoms with Crippen LogP contribution in [0.4, 0.5) is 5.82 Å². The Morgan fingerprint density at radius 2 is 2.42 bits per heavy atom. The number of nitrogens with zero attached hydrogens (tertiary/aromatic N) is 3. The molecule has 0 amide bonds. The maximum absolute atomic E-state index is 10.8. The van der Waals surface area contributed by atoms with Crippen molar-refractivity contribution in [1.82, 2.24) is 19.7 Å². The van der Waals surface area contributed by atoms with Gasteiger partial charge >= 0.3 is 5.69 Å². The molecule has 12 heavy (non-hydrogen) atoms. The molecule has 0 radical (unpaired) electrons. The fourth-order valence-electron chi connectivity index (χ4n) is 0.907. The Balaban J connectivity index is 3.04. The van der Waals surface area contributed by atoms with Crippen LogP contribution in [-0.4, -0.2) is 24.9 Å². The van der Waals surface area contributed by atoms with Crippen molar-refractivity contribution < 1.29 is 5.21 Å². The van der Waals surface area contributed by atoms with E-state index in [9.17, 15) is 4.79 Å². The lowest BCUT2D eigenvalue weighted by Crippen LogP contribution is -2.23. The van der Waals surface area contributed by atoms with Crippen molar-refractivity contribution in [2.75, 3.05) is 5.73 Å². The third kappa shape index (κ3) is 0.669. The predicted octanol–water partition coefficient (Wildman–Crippen LogP) is -1.06. The number of rotatable bonds is 0. The molecule has 0 bridgehead atoms. The first-order chi connectivity index (χ1) is 5.70. The molecule has 0 saturated carbocycles. The number of nitrogens with two attached hydrogens (primary N) is 1. The highest BCUT2D eigenvalue weighted by molar-refractivity contribution is 5.80. The summed E-state index contributed by atoms with van der Waals surface area (Å²) in [7, 11) is 0. The van der Waals surface area contributed by atoms with E-state index in [4.69, 9.17) is 10.9 Å². The highest BCUT2D eigenvalue weighted by Crippen LogP contribution is 2.09. The smallest absolute Gasteiger partial charge is 0.384 e. The summed E-state index contributed by atoms with van der Waals surface area (Å²) in [5.41, 5.74) is 5.07. The van der Waals surface area contributed by atoms with Crippen LogP contribution in [0.5, 0.6) is 0 Å². The van der Waals surface area contributed by atoms with Gasteiger partial charge in [0, 0.05) is 0 Å². The SMILES string of the molecule is Nc1c2[nH]cnc2nc(=O)n1O. The molecule has 2 aromatic heterocycles. The van der Waals surface area contributed by atoms with Gasteiger partial charge in [0.25, 0.3) is 0 Å². The minimum Gasteiger partial charge on any atom is -0.422 e. The molecule has 7 nitrogen and oxygen atoms in total. The zero-order chi connectivity index (χ0) is 8.72. The predicted molar refractivity (Wildman–Crippen MR) is 39.7 cm³/mol. The van der Waals surface area contributed by atoms with Crippen molar-refractivity contribution in [2.45, 2.75) is 0 Å². The second-order valence-corrected chi connectivity index (χ2v) is 2.19. The number of hydrogen-bond acceptors (Lipinski definition) is 5. The number of aromatic nitrogens is 4. The van der Waals surface area contributed by atoms with Crippen LogP contribution in [0.3, 0.4) is 0 Å². The van der Waals surface area contributed by atoms with Crippen LogP contribution in [0.2, 0.25) is 0 Å². The second kappa shape index (κ2) is 1.97. The van der Waals surface area contributed by atoms with E-state index in [1.54, 1.807) is 0 Å². The van der Waals surface area contributed by atoms with Gasteiger partial charge in [-0.3, -0.25) is 0 Å². The molecule has 0 aliphatic heterocycles. The van der Waals surface area contributed by atoms with Gasteiger partial charge in [-0.1, -0.05) is 0 Å². The van der Waals surface area contributed by atoms with Gasteiger partial charge in [-0.05, 0) is 0 Å². The van der Waals surface area contributed by atoms with Crippen LogP contribution in [0, 0.1) is 0 Å². The van der Waals surface area contributed by atoms with E-state index in [0.29, 0.717) is 5.52 Å². The van der Waals surface area contributed by atoms with E-state index in [1.165, 1.54) is 6.33 Å². The van der Waals surface area contributed by atoms with Gasteiger partial charge < -0.3 is 15.9 Å². The number of H-pyrrole nitrogens is 1. The van der Waals surface area contributed by atoms with Gasteiger partial charge in [-0.2, -0.15) is 4.98 Å². The topological polar surface area (TPSA) is 110 Å². The molecule has 0 saturated heterocycles. The first kappa shape index (κ1) is 6.65. The highest BCUT2D eigenvalue weighted by Gasteiger charge is 2.08. The number of fused-ring (bicyclic) bond motifs is 1. The average molecular weight is 167 g/mol. The molecule has 2 rings (SSSR count). The van der Waals surface area contributed by atoms with Crippen molar-refractivity contribution in [3.8, 4) is 0 Å². The number of imidazole rings is 1. The first-order valence-electron chi connectivity index (χ1n) is 3.11. The van der Waals surface area contributed by atoms with Crippen molar-refractivity contribution in [3.63, 3.8) is 0 Å². The maximum atomic E-state index is 10.8. The molecule has 0 aliphatic carbocycles. The fourth-order valence-corrected chi connectivity index (χ4v) is 0.907. The summed E-state index contributed by atoms with van der Waals surface area (Å²) in [6.07, 6.45) is 1.34. The van der Waals surface area contributed by atoms with E-state index in [2.05, 4.69) is 15.0 Å². The van der Waals surface area contributed by atoms with Crippen molar-refractivity contribution in [2.24, 2.45) is 0 Å². The van der Waals surface area contributed by atoms with Crippen molar-refractivity contribution in [1.29, 1.82) is 0 Å². The summed E-state index contributed by atoms with van der Waals surface area (Å²) in [5, 5.41) is 8.99. The molecule has 0 aliphatic rings. The van der Waals surface area contributed by atoms with E-state index >= 15 is 0 Å². The monoisotopic (exact) mass is 167 g/mol. The fraction of sp³-hybridized carbons (Fsp3) is 0. The molecule has 0 unspecified atom stereocenters. The maximum Gasteiger partial charge on any atom is 0.384 e. The van der Waals surface area contributed by atoms with E-state index < -0.39 is 5.69 Å². The molecule has 2 aromatic rings. The van der Waals surface area contributed by atoms with E-state index in [-0.39, 0.29) is 16.2 Å². The summed E-state index contributed by atoms with van der Waals surface area (Å²) in [4.78, 5) is 20.6. The third-order valence-electron chi connectivity index (χ3n) is 1.49. The van der Waals surface area contributed by atoms with Crippen LogP contribution < -0.4 is 11.4 Å². The highest BCUT2D eigenvalue weighted by atomic mass is 16.5. The second-order valence-electron chi connectivity index (χ2n) is 2.19. The molecule has 4 N–H and O–H groups in total. The van der Waals surface area contributed by atoms with Crippen LogP contribution in [-0.2, 0) is 0 Å². The molecular formula is C5H5N5O2. The largest absolute Gasteiger partial charge is 0.422 e. The molecule has 0 fully saturated rings. The number of hydrogen-bond donors (Lipinski definition) is 3. The Hall–Kier alpha value is -2.05. The van der Waals surface area contributed by atoms with Gasteiger partial charge in [-0.25, -0.2) is 9.78 Å². The molecule has 7 heteroatoms. The summed E-state index contributed by atoms with van der Waals surface area (Å²) < 4.78 is 0.264. The lowest BCUT2D eigenvalue weighted by atomic mass is 10.5. The summed E-state index contributed by atoms with van der Waals surface area (Å²) in [6, 6.07) is 0. The van der Waals surface area contributed by atoms with Crippen molar-refractivity contribution >= 4 is 17.0 Å². The van der Waals surface area contributed by atoms with Crippen LogP contribution in [0.1, 0.15) is 0 Å². The lowest BCUT2D eigenvalue weighted by Gasteiger charge is -1.98. The van der Waals surface area contributed by atoms with Gasteiger partial charge in [0.15, 0.2) is 11.5 Å². The number of anilines is 1. The standard InChI is InChI=1S/C5H5N5O2/c6-3-2-4(8-1-7-2)9-5(11)10(3)12/h1,12H,6H2,(H,7,8,9,11). The summed E-state index contributed by atoms with van der Waals surface area (Å²) >= 11 is 0. The molecule has 0 aromatic carbocycles. The Morgan fingerprint density at radius 1 is 1.67 bits per heavy atom. The summed E-state index contributed by atoms with van der Waals surface area (Å²) in [6.45, 7) is 0. The minimum absolute atomic E-state index is 0.0949. The third-order valence-corrected chi connectivity index (χ3v) is 1.49. The van der Waals surface area contributed by atoms with Crippen LogP contribution >= 0.6 is 0 Å². The average Bonchev–Trinajstić information content (AvgIpc) is 2.48. The van der Waals surface area contributed by atoms with Gasteiger partial charge in [0.2, 0.25) is 0 Å². The Bertz CT molecular complexity index is 484. The Kier molecular flexibility index (Phi) is 1.09. The lowest BCUT2D eigenvalue weighted by molar-refractivity contribution is 0.178. The van der Waals surface area contributed by atoms with Crippen molar-refractivity contribution in [3.05, 3.63) is 16.8 Å². The summed E-state index contributed by atoms with van der Waals surface area (Å²) in [5.74, 6) is -0.0949. The number of nitrogen functional groups attached to an aromatic ring is 1. The molecular weight excluding hydrogens is 162 g/mol. The molecule has 2 heterocycles. The quantitative estimate of drug-likeness (QED) is 0.433. The first-order valence-corrected chi connectivity index (χ1v) is 3.11. The minimum atomic E-state index is -0.841. The molecule has 0 spiro atoms. The number of aromatic amines is 1. The zero-order valence-corrected chi connectivity index (χ0v) is 5.85. The number of nitrogens with one attached hydrogen (secondary N) is 1. The van der Waals surface area contributed by atoms with Crippen LogP contribution in [0.25, 0.3) is 11.2 Å². The van der Waals surface area contributed by atoms with Gasteiger partial charge in [0.1, 0.15) is 5.52 Å². The van der Waals surface area contributed by atoms with Gasteiger partial charge in [-0.15, -0.1) is 4.73 Å². The molecule has 0 atom stereocenters. The molecule has 62 valence electrons. The Morgan fingerprint density at radius 3 is 3.17 bits per heavy atom.